The van der Waals surface area contributed by atoms with Gasteiger partial charge in [-0.2, -0.15) is 5.26 Å². The molecular formula is C100H129N8O27P. The minimum atomic E-state index is -1.89. The van der Waals surface area contributed by atoms with Crippen LogP contribution >= 0.6 is 8.53 Å². The first-order valence-corrected chi connectivity index (χ1v) is 46.7. The Labute approximate surface area is 791 Å². The minimum Gasteiger partial charge on any atom is -0.497 e. The van der Waals surface area contributed by atoms with E-state index >= 15 is 0 Å². The maximum absolute atomic E-state index is 13.7. The highest BCUT2D eigenvalue weighted by molar-refractivity contribution is 7.44. The monoisotopic (exact) mass is 1900 g/mol. The van der Waals surface area contributed by atoms with Gasteiger partial charge in [0.2, 0.25) is 0 Å². The second-order valence-corrected chi connectivity index (χ2v) is 36.1. The Morgan fingerprint density at radius 2 is 0.824 bits per heavy atom. The molecule has 6 N–H and O–H groups in total. The van der Waals surface area contributed by atoms with Crippen LogP contribution in [0, 0.1) is 32.1 Å². The molecule has 9 aromatic rings. The van der Waals surface area contributed by atoms with Crippen LogP contribution in [-0.4, -0.2) is 241 Å². The van der Waals surface area contributed by atoms with Crippen LogP contribution in [0.1, 0.15) is 156 Å². The fourth-order valence-electron chi connectivity index (χ4n) is 19.1. The van der Waals surface area contributed by atoms with Crippen molar-refractivity contribution in [2.45, 2.75) is 208 Å². The largest absolute Gasteiger partial charge is 0.497 e. The van der Waals surface area contributed by atoms with Crippen molar-refractivity contribution in [3.63, 3.8) is 0 Å². The predicted octanol–water partition coefficient (Wildman–Crippen LogP) is 10.4. The number of nitriles is 1. The SMILES string of the molecule is CC.CC1CCCO1.CO[C@@H]1[C@H](n2cc(C)c(=O)[nH]c2=O)O[C@@]2(CO)COCC[C@]12O.COc1ccc(C(OC[C@]23COCC[C@]2(O)[C@H](OC)[C@H](n2cc(C)c(=O)[nH]c2=O)O3)(c2ccccc2)c2ccc(OC)cc2)cc1.COc1ccc(C(OC[C@]23COCC[C@]2(OP(OCCC#N)N(C(C)C)C(C)C)[C@H](OC)[C@H](n2cc(C)c(=O)[nH]c2=O)O3)(c2ccccc2)c2ccc(OC)cc2)cc1. The molecule has 736 valence electrons. The van der Waals surface area contributed by atoms with E-state index in [0.29, 0.717) is 45.8 Å². The predicted molar refractivity (Wildman–Crippen MR) is 504 cm³/mol. The zero-order valence-corrected chi connectivity index (χ0v) is 81.2. The second-order valence-electron chi connectivity index (χ2n) is 34.8. The number of H-pyrrole nitrogens is 3. The minimum absolute atomic E-state index is 0.0126. The van der Waals surface area contributed by atoms with Crippen molar-refractivity contribution in [2.75, 3.05) is 122 Å². The fourth-order valence-corrected chi connectivity index (χ4v) is 21.0. The Hall–Kier alpha value is -10.2. The summed E-state index contributed by atoms with van der Waals surface area (Å²) in [5, 5.41) is 42.9. The molecule has 0 bridgehead atoms. The highest BCUT2D eigenvalue weighted by atomic mass is 31.2. The number of aromatic amines is 3. The third-order valence-corrected chi connectivity index (χ3v) is 28.4. The van der Waals surface area contributed by atoms with Gasteiger partial charge in [-0.15, -0.1) is 0 Å². The molecule has 0 amide bonds. The van der Waals surface area contributed by atoms with Gasteiger partial charge >= 0.3 is 17.1 Å². The van der Waals surface area contributed by atoms with Gasteiger partial charge in [0.15, 0.2) is 18.7 Å². The number of methoxy groups -OCH3 is 7. The van der Waals surface area contributed by atoms with E-state index in [4.69, 9.17) is 84.8 Å². The number of aliphatic hydroxyl groups is 3. The van der Waals surface area contributed by atoms with Gasteiger partial charge in [-0.3, -0.25) is 43.0 Å². The molecule has 0 spiro atoms. The van der Waals surface area contributed by atoms with Crippen molar-refractivity contribution >= 4 is 8.53 Å². The van der Waals surface area contributed by atoms with Crippen LogP contribution in [0.15, 0.2) is 205 Å². The van der Waals surface area contributed by atoms with Crippen molar-refractivity contribution in [2.24, 2.45) is 0 Å². The number of ether oxygens (including phenoxy) is 16. The lowest BCUT2D eigenvalue weighted by atomic mass is 9.76. The van der Waals surface area contributed by atoms with Crippen LogP contribution < -0.4 is 52.7 Å². The number of nitrogens with one attached hydrogen (secondary N) is 3. The molecule has 7 fully saturated rings. The van der Waals surface area contributed by atoms with Gasteiger partial charge in [-0.05, 0) is 150 Å². The van der Waals surface area contributed by atoms with Crippen molar-refractivity contribution < 1.29 is 100 Å². The molecule has 7 aliphatic rings. The van der Waals surface area contributed by atoms with Gasteiger partial charge in [0.05, 0.1) is 93.3 Å². The van der Waals surface area contributed by atoms with E-state index in [9.17, 15) is 49.3 Å². The molecule has 7 aliphatic heterocycles. The van der Waals surface area contributed by atoms with Crippen LogP contribution in [0.5, 0.6) is 23.0 Å². The van der Waals surface area contributed by atoms with E-state index in [0.717, 1.165) is 40.0 Å². The third kappa shape index (κ3) is 20.6. The van der Waals surface area contributed by atoms with Crippen LogP contribution in [0.4, 0.5) is 0 Å². The molecule has 3 aromatic heterocycles. The molecule has 0 saturated carbocycles. The summed E-state index contributed by atoms with van der Waals surface area (Å²) in [6.45, 7) is 20.2. The Morgan fingerprint density at radius 1 is 0.485 bits per heavy atom. The lowest BCUT2D eigenvalue weighted by molar-refractivity contribution is -0.243. The smallest absolute Gasteiger partial charge is 0.330 e. The van der Waals surface area contributed by atoms with Crippen LogP contribution in [0.25, 0.3) is 0 Å². The van der Waals surface area contributed by atoms with E-state index in [2.05, 4.69) is 60.3 Å². The lowest BCUT2D eigenvalue weighted by Crippen LogP contribution is -2.66. The van der Waals surface area contributed by atoms with E-state index in [1.54, 1.807) is 56.3 Å². The van der Waals surface area contributed by atoms with Gasteiger partial charge < -0.3 is 100 Å². The average Bonchev–Trinajstić information content (AvgIpc) is 1.55. The van der Waals surface area contributed by atoms with Gasteiger partial charge in [0.25, 0.3) is 25.2 Å². The van der Waals surface area contributed by atoms with Crippen molar-refractivity contribution in [3.8, 4) is 29.1 Å². The summed E-state index contributed by atoms with van der Waals surface area (Å²) in [5.74, 6) is 2.71. The zero-order chi connectivity index (χ0) is 98.1. The van der Waals surface area contributed by atoms with Gasteiger partial charge in [-0.25, -0.2) is 19.1 Å². The number of aromatic nitrogens is 6. The fraction of sp³-hybridized carbons (Fsp3) is 0.510. The standard InChI is InChI=1S/C44H55N4O10P.C35H38N2O9.C14H20N2O7.C5H10O.C2H6/c1-30(2)48(31(3)4)59(56-25-12-24-45)58-43-23-26-54-28-42(43,57-40(38(43)53-8)47-27-32(5)39(49)46-41(47)50)29-55-44(33-13-10-9-11-14-33,34-15-19-36(51-6)20-16-34)35-17-21-37(52-7)22-18-35;1-23-20-37(32(39)36-30(23)38)31-29(43-4)34(40)18-19-44-21-33(34,46-31)22-45-35(24-8-6-5-7-9-24,25-10-14-27(41-2)15-11-25)26-12-16-28(42-3)17-13-26;1-8-5-16(12(19)15-10(8)18)11-9(21-2)14(20)3-4-22-7-13(14,6-17)23-11;1-5-3-2-4-6-5;1-2/h9-11,13-22,27,30-31,38,40H,12,23,25-26,28-29H2,1-8H3,(H,46,49,50);5-17,20,29,31,40H,18-19,21-22H2,1-4H3,(H,36,38,39);5,9,11,17,20H,3-4,6-7H2,1-2H3,(H,15,18,19);5H,2-4H2,1H3;1-2H3/t38-,40-,42-,43+,59?;29-,31-,33-,34+;9-,11-,13+,14+;;/m111../s1. The van der Waals surface area contributed by atoms with E-state index in [-0.39, 0.29) is 97.2 Å². The molecule has 10 heterocycles. The third-order valence-electron chi connectivity index (χ3n) is 26.2. The number of nitrogens with zero attached hydrogens (tertiary/aromatic N) is 5. The van der Waals surface area contributed by atoms with E-state index in [1.165, 1.54) is 59.4 Å². The zero-order valence-electron chi connectivity index (χ0n) is 80.3. The molecule has 35 nitrogen and oxygen atoms in total. The molecule has 16 rings (SSSR count). The van der Waals surface area contributed by atoms with E-state index in [1.807, 2.05) is 172 Å². The van der Waals surface area contributed by atoms with Crippen LogP contribution in [0.2, 0.25) is 0 Å². The average molecular weight is 1910 g/mol. The normalized spacial score (nSPS) is 25.7. The summed E-state index contributed by atoms with van der Waals surface area (Å²) in [6, 6.07) is 52.5. The number of rotatable bonds is 31. The molecule has 2 unspecified atom stereocenters. The molecule has 36 heteroatoms. The Bertz CT molecular complexity index is 5710. The summed E-state index contributed by atoms with van der Waals surface area (Å²) in [4.78, 5) is 82.2. The molecule has 136 heavy (non-hydrogen) atoms. The highest BCUT2D eigenvalue weighted by Crippen LogP contribution is 2.62. The number of aryl methyl sites for hydroxylation is 3. The quantitative estimate of drug-likeness (QED) is 0.0134. The van der Waals surface area contributed by atoms with Gasteiger partial charge in [0.1, 0.15) is 86.1 Å². The molecular weight excluding hydrogens is 1780 g/mol. The topological polar surface area (TPSA) is 418 Å². The first kappa shape index (κ1) is 105. The molecule has 0 aliphatic carbocycles. The maximum atomic E-state index is 13.7. The second kappa shape index (κ2) is 45.6. The number of aliphatic hydroxyl groups excluding tert-OH is 1. The van der Waals surface area contributed by atoms with Crippen molar-refractivity contribution in [3.05, 3.63) is 289 Å². The summed E-state index contributed by atoms with van der Waals surface area (Å²) in [6.07, 6.45) is 2.05. The Kier molecular flexibility index (Phi) is 35.1. The highest BCUT2D eigenvalue weighted by Gasteiger charge is 2.73. The van der Waals surface area contributed by atoms with E-state index < -0.39 is 131 Å². The molecule has 0 radical (unpaired) electrons. The lowest BCUT2D eigenvalue weighted by Gasteiger charge is -2.51. The Balaban J connectivity index is 0.000000189. The summed E-state index contributed by atoms with van der Waals surface area (Å²) >= 11 is 0. The molecule has 7 saturated heterocycles. The summed E-state index contributed by atoms with van der Waals surface area (Å²) in [7, 11) is 8.96. The van der Waals surface area contributed by atoms with Gasteiger partial charge in [-0.1, -0.05) is 123 Å². The number of benzene rings is 6. The molecule has 6 aromatic carbocycles. The van der Waals surface area contributed by atoms with Crippen LogP contribution in [-0.2, 0) is 77.1 Å². The van der Waals surface area contributed by atoms with Crippen molar-refractivity contribution in [1.82, 2.24) is 33.3 Å². The number of hydrogen-bond acceptors (Lipinski definition) is 29. The summed E-state index contributed by atoms with van der Waals surface area (Å²) < 4.78 is 117. The molecule has 14 atom stereocenters. The van der Waals surface area contributed by atoms with Crippen LogP contribution in [0.3, 0.4) is 0 Å². The Morgan fingerprint density at radius 3 is 1.16 bits per heavy atom. The number of hydrogen-bond donors (Lipinski definition) is 6. The first-order valence-electron chi connectivity index (χ1n) is 45.6. The number of fused-ring (bicyclic) bond motifs is 3. The maximum Gasteiger partial charge on any atom is 0.330 e. The van der Waals surface area contributed by atoms with Crippen molar-refractivity contribution in [1.29, 1.82) is 5.26 Å². The summed E-state index contributed by atoms with van der Waals surface area (Å²) in [5.41, 5.74) is -9.06. The van der Waals surface area contributed by atoms with Gasteiger partial charge in [0, 0.05) is 114 Å². The first-order chi connectivity index (χ1) is 65.4.